The topological polar surface area (TPSA) is 81.0 Å². The van der Waals surface area contributed by atoms with Crippen LogP contribution < -0.4 is 10.3 Å². The third-order valence-electron chi connectivity index (χ3n) is 6.39. The summed E-state index contributed by atoms with van der Waals surface area (Å²) in [4.78, 5) is 28.2. The Bertz CT molecular complexity index is 985. The molecular weight excluding hydrogens is 372 g/mol. The Morgan fingerprint density at radius 3 is 2.69 bits per heavy atom. The molecule has 1 N–H and O–H groups in total. The van der Waals surface area contributed by atoms with E-state index >= 15 is 0 Å². The van der Waals surface area contributed by atoms with Crippen molar-refractivity contribution in [1.82, 2.24) is 9.47 Å². The lowest BCUT2D eigenvalue weighted by Crippen LogP contribution is -2.46. The van der Waals surface area contributed by atoms with Crippen molar-refractivity contribution in [2.24, 2.45) is 11.8 Å². The normalized spacial score (nSPS) is 25.5. The number of methoxy groups -OCH3 is 2. The van der Waals surface area contributed by atoms with Gasteiger partial charge in [0.2, 0.25) is 0 Å². The summed E-state index contributed by atoms with van der Waals surface area (Å²) in [5, 5.41) is 10.0. The molecule has 3 heterocycles. The lowest BCUT2D eigenvalue weighted by Gasteiger charge is -2.37. The molecule has 1 fully saturated rings. The van der Waals surface area contributed by atoms with Crippen molar-refractivity contribution in [3.05, 3.63) is 52.4 Å². The fourth-order valence-corrected chi connectivity index (χ4v) is 5.07. The van der Waals surface area contributed by atoms with Crippen molar-refractivity contribution in [2.75, 3.05) is 27.4 Å². The van der Waals surface area contributed by atoms with Crippen LogP contribution in [0, 0.1) is 11.8 Å². The third kappa shape index (κ3) is 2.96. The van der Waals surface area contributed by atoms with E-state index in [0.29, 0.717) is 17.9 Å². The first-order chi connectivity index (χ1) is 14.0. The standard InChI is InChI=1S/C22H26N2O5/c1-4-23-18-11-24-17(20(23)19(16(18)12-25)22(27)29-3)9-8-15(21(24)26)13-6-5-7-14(10-13)28-2/h5-10,16,18-20,25H,4,11-12H2,1-3H3/t16-,18-,19+,20+/m0/s1. The second-order valence-electron chi connectivity index (χ2n) is 7.56. The van der Waals surface area contributed by atoms with Crippen LogP contribution in [0.2, 0.25) is 0 Å². The summed E-state index contributed by atoms with van der Waals surface area (Å²) in [7, 11) is 2.96. The number of aliphatic hydroxyl groups is 1. The monoisotopic (exact) mass is 398 g/mol. The van der Waals surface area contributed by atoms with Gasteiger partial charge in [-0.3, -0.25) is 14.5 Å². The highest BCUT2D eigenvalue weighted by molar-refractivity contribution is 5.75. The minimum absolute atomic E-state index is 0.0927. The Hall–Kier alpha value is -2.64. The van der Waals surface area contributed by atoms with Crippen LogP contribution in [0.5, 0.6) is 5.75 Å². The van der Waals surface area contributed by atoms with Gasteiger partial charge >= 0.3 is 5.97 Å². The number of likely N-dealkylation sites (N-methyl/N-ethyl adjacent to an activating group) is 1. The number of nitrogens with zero attached hydrogens (tertiary/aromatic N) is 2. The molecule has 2 aliphatic heterocycles. The number of carbonyl (C=O) groups excluding carboxylic acids is 1. The van der Waals surface area contributed by atoms with Crippen molar-refractivity contribution >= 4 is 5.97 Å². The summed E-state index contributed by atoms with van der Waals surface area (Å²) >= 11 is 0. The molecule has 1 aromatic carbocycles. The van der Waals surface area contributed by atoms with E-state index in [1.165, 1.54) is 7.11 Å². The molecule has 7 heteroatoms. The number of rotatable bonds is 5. The minimum atomic E-state index is -0.495. The Kier molecular flexibility index (Phi) is 5.19. The first-order valence-corrected chi connectivity index (χ1v) is 9.88. The molecule has 7 nitrogen and oxygen atoms in total. The zero-order chi connectivity index (χ0) is 20.7. The largest absolute Gasteiger partial charge is 0.497 e. The zero-order valence-corrected chi connectivity index (χ0v) is 16.9. The third-order valence-corrected chi connectivity index (χ3v) is 6.39. The highest BCUT2D eigenvalue weighted by atomic mass is 16.5. The van der Waals surface area contributed by atoms with E-state index in [2.05, 4.69) is 4.90 Å². The smallest absolute Gasteiger partial charge is 0.311 e. The van der Waals surface area contributed by atoms with E-state index in [1.54, 1.807) is 11.7 Å². The number of pyridine rings is 1. The highest BCUT2D eigenvalue weighted by Crippen LogP contribution is 2.48. The first kappa shape index (κ1) is 19.7. The van der Waals surface area contributed by atoms with Crippen molar-refractivity contribution in [2.45, 2.75) is 25.6 Å². The first-order valence-electron chi connectivity index (χ1n) is 9.88. The molecule has 0 spiro atoms. The zero-order valence-electron chi connectivity index (χ0n) is 16.9. The van der Waals surface area contributed by atoms with E-state index < -0.39 is 5.92 Å². The molecule has 0 amide bonds. The molecule has 0 aliphatic carbocycles. The average Bonchev–Trinajstić information content (AvgIpc) is 2.99. The van der Waals surface area contributed by atoms with Gasteiger partial charge in [0.05, 0.1) is 26.2 Å². The molecule has 1 aromatic heterocycles. The van der Waals surface area contributed by atoms with Crippen molar-refractivity contribution in [3.8, 4) is 16.9 Å². The van der Waals surface area contributed by atoms with Gasteiger partial charge in [-0.05, 0) is 36.4 Å². The van der Waals surface area contributed by atoms with Gasteiger partial charge in [0.15, 0.2) is 0 Å². The van der Waals surface area contributed by atoms with Gasteiger partial charge < -0.3 is 19.1 Å². The maximum atomic E-state index is 13.4. The number of fused-ring (bicyclic) bond motifs is 4. The second kappa shape index (κ2) is 7.65. The van der Waals surface area contributed by atoms with E-state index in [-0.39, 0.29) is 36.1 Å². The summed E-state index contributed by atoms with van der Waals surface area (Å²) in [5.41, 5.74) is 2.08. The summed E-state index contributed by atoms with van der Waals surface area (Å²) in [6.45, 7) is 3.08. The molecule has 4 atom stereocenters. The molecule has 2 bridgehead atoms. The van der Waals surface area contributed by atoms with Crippen molar-refractivity contribution in [1.29, 1.82) is 0 Å². The molecule has 2 aliphatic rings. The fourth-order valence-electron chi connectivity index (χ4n) is 5.07. The predicted octanol–water partition coefficient (Wildman–Crippen LogP) is 1.68. The second-order valence-corrected chi connectivity index (χ2v) is 7.56. The molecule has 1 saturated heterocycles. The Morgan fingerprint density at radius 1 is 1.24 bits per heavy atom. The number of hydrogen-bond donors (Lipinski definition) is 1. The molecular formula is C22H26N2O5. The summed E-state index contributed by atoms with van der Waals surface area (Å²) < 4.78 is 12.1. The molecule has 0 unspecified atom stereocenters. The molecule has 0 radical (unpaired) electrons. The molecule has 29 heavy (non-hydrogen) atoms. The van der Waals surface area contributed by atoms with Crippen LogP contribution in [0.25, 0.3) is 11.1 Å². The van der Waals surface area contributed by atoms with Crippen LogP contribution in [-0.2, 0) is 16.1 Å². The number of aromatic nitrogens is 1. The van der Waals surface area contributed by atoms with Crippen LogP contribution in [0.4, 0.5) is 0 Å². The number of hydrogen-bond acceptors (Lipinski definition) is 6. The van der Waals surface area contributed by atoms with Gasteiger partial charge in [-0.25, -0.2) is 0 Å². The van der Waals surface area contributed by atoms with Crippen LogP contribution in [0.3, 0.4) is 0 Å². The van der Waals surface area contributed by atoms with Gasteiger partial charge in [-0.2, -0.15) is 0 Å². The molecule has 4 rings (SSSR count). The summed E-state index contributed by atoms with van der Waals surface area (Å²) in [6.07, 6.45) is 0. The lowest BCUT2D eigenvalue weighted by molar-refractivity contribution is -0.148. The quantitative estimate of drug-likeness (QED) is 0.772. The maximum absolute atomic E-state index is 13.4. The summed E-state index contributed by atoms with van der Waals surface area (Å²) in [6, 6.07) is 10.8. The van der Waals surface area contributed by atoms with Crippen molar-refractivity contribution in [3.63, 3.8) is 0 Å². The number of aliphatic hydroxyl groups excluding tert-OH is 1. The van der Waals surface area contributed by atoms with E-state index in [4.69, 9.17) is 9.47 Å². The predicted molar refractivity (Wildman–Crippen MR) is 108 cm³/mol. The lowest BCUT2D eigenvalue weighted by atomic mass is 9.87. The maximum Gasteiger partial charge on any atom is 0.311 e. The Balaban J connectivity index is 1.85. The van der Waals surface area contributed by atoms with E-state index in [9.17, 15) is 14.7 Å². The van der Waals surface area contributed by atoms with E-state index in [1.807, 2.05) is 43.3 Å². The number of ether oxygens (including phenoxy) is 2. The molecule has 154 valence electrons. The molecule has 0 saturated carbocycles. The fraction of sp³-hybridized carbons (Fsp3) is 0.455. The van der Waals surface area contributed by atoms with E-state index in [0.717, 1.165) is 17.8 Å². The van der Waals surface area contributed by atoms with Gasteiger partial charge in [-0.1, -0.05) is 19.1 Å². The Labute approximate surface area is 169 Å². The Morgan fingerprint density at radius 2 is 2.03 bits per heavy atom. The molecule has 2 aromatic rings. The van der Waals surface area contributed by atoms with Crippen LogP contribution in [-0.4, -0.2) is 54.0 Å². The number of benzene rings is 1. The van der Waals surface area contributed by atoms with Crippen LogP contribution >= 0.6 is 0 Å². The van der Waals surface area contributed by atoms with Gasteiger partial charge in [0, 0.05) is 36.4 Å². The summed E-state index contributed by atoms with van der Waals surface area (Å²) in [5.74, 6) is -0.418. The minimum Gasteiger partial charge on any atom is -0.497 e. The van der Waals surface area contributed by atoms with Gasteiger partial charge in [0.25, 0.3) is 5.56 Å². The van der Waals surface area contributed by atoms with Crippen molar-refractivity contribution < 1.29 is 19.4 Å². The van der Waals surface area contributed by atoms with Gasteiger partial charge in [0.1, 0.15) is 5.75 Å². The SMILES string of the molecule is CCN1[C@@H]2c3ccc(-c4cccc(OC)c4)c(=O)n3C[C@H]1[C@H](CO)[C@H]2C(=O)OC. The van der Waals surface area contributed by atoms with Gasteiger partial charge in [-0.15, -0.1) is 0 Å². The highest BCUT2D eigenvalue weighted by Gasteiger charge is 2.55. The number of carbonyl (C=O) groups is 1. The van der Waals surface area contributed by atoms with Crippen LogP contribution in [0.1, 0.15) is 18.7 Å². The average molecular weight is 398 g/mol. The number of esters is 1. The van der Waals surface area contributed by atoms with Crippen LogP contribution in [0.15, 0.2) is 41.2 Å².